The number of likely N-dealkylation sites (tertiary alicyclic amines) is 1. The molecule has 4 heterocycles. The fourth-order valence-corrected chi connectivity index (χ4v) is 4.07. The Hall–Kier alpha value is -3.76. The quantitative estimate of drug-likeness (QED) is 0.497. The summed E-state index contributed by atoms with van der Waals surface area (Å²) in [4.78, 5) is 30.8. The number of halogens is 2. The second kappa shape index (κ2) is 11.7. The number of carbonyl (C=O) groups is 2. The lowest BCUT2D eigenvalue weighted by atomic mass is 10.0. The minimum Gasteiger partial charge on any atom is -0.487 e. The monoisotopic (exact) mass is 531 g/mol. The Labute approximate surface area is 221 Å². The summed E-state index contributed by atoms with van der Waals surface area (Å²) >= 11 is 0. The maximum Gasteiger partial charge on any atom is 0.410 e. The fraction of sp³-hybridized carbons (Fsp3) is 0.481. The zero-order valence-corrected chi connectivity index (χ0v) is 22.6. The standard InChI is InChI=1S/C25H29F2N5O4.C2H6/c1-16-21(20-11-19(8-10-32(20)30-16)35-14-17-7-5-6-9-28-17)22(33)29-18-12-25(26,27)15-31(13-18)23(34)36-24(2,3)4;1-2/h5-11,18H,12-15H2,1-4H3,(H,29,33);1-2H3. The average Bonchev–Trinajstić information content (AvgIpc) is 3.17. The molecule has 1 fully saturated rings. The third-order valence-corrected chi connectivity index (χ3v) is 5.52. The molecule has 0 radical (unpaired) electrons. The van der Waals surface area contributed by atoms with Gasteiger partial charge in [0.1, 0.15) is 18.0 Å². The molecule has 1 aliphatic rings. The van der Waals surface area contributed by atoms with Crippen molar-refractivity contribution in [2.24, 2.45) is 0 Å². The van der Waals surface area contributed by atoms with Crippen LogP contribution in [0.25, 0.3) is 5.52 Å². The number of rotatable bonds is 5. The van der Waals surface area contributed by atoms with Gasteiger partial charge in [0.2, 0.25) is 0 Å². The first kappa shape index (κ1) is 28.8. The maximum atomic E-state index is 14.5. The highest BCUT2D eigenvalue weighted by Gasteiger charge is 2.44. The van der Waals surface area contributed by atoms with E-state index in [9.17, 15) is 18.4 Å². The number of hydrogen-bond acceptors (Lipinski definition) is 6. The molecule has 206 valence electrons. The van der Waals surface area contributed by atoms with Crippen molar-refractivity contribution in [2.75, 3.05) is 13.1 Å². The van der Waals surface area contributed by atoms with E-state index in [-0.39, 0.29) is 18.7 Å². The summed E-state index contributed by atoms with van der Waals surface area (Å²) in [6.07, 6.45) is 1.90. The number of piperidine rings is 1. The van der Waals surface area contributed by atoms with E-state index in [0.717, 1.165) is 10.6 Å². The number of fused-ring (bicyclic) bond motifs is 1. The van der Waals surface area contributed by atoms with Crippen LogP contribution in [-0.2, 0) is 11.3 Å². The summed E-state index contributed by atoms with van der Waals surface area (Å²) in [5.41, 5.74) is 1.06. The van der Waals surface area contributed by atoms with Crippen molar-refractivity contribution in [3.05, 3.63) is 59.7 Å². The van der Waals surface area contributed by atoms with Gasteiger partial charge in [-0.05, 0) is 45.9 Å². The van der Waals surface area contributed by atoms with E-state index >= 15 is 0 Å². The van der Waals surface area contributed by atoms with Gasteiger partial charge in [0, 0.05) is 31.4 Å². The SMILES string of the molecule is CC.Cc1nn2ccc(OCc3ccccn3)cc2c1C(=O)NC1CN(C(=O)OC(C)(C)C)CC(F)(F)C1. The molecule has 3 aromatic rings. The molecular weight excluding hydrogens is 496 g/mol. The highest BCUT2D eigenvalue weighted by Crippen LogP contribution is 2.29. The summed E-state index contributed by atoms with van der Waals surface area (Å²) in [6.45, 7) is 10.0. The molecule has 11 heteroatoms. The van der Waals surface area contributed by atoms with Gasteiger partial charge in [-0.25, -0.2) is 18.1 Å². The summed E-state index contributed by atoms with van der Waals surface area (Å²) in [5, 5.41) is 7.02. The number of aryl methyl sites for hydroxylation is 1. The molecule has 4 rings (SSSR count). The van der Waals surface area contributed by atoms with Gasteiger partial charge in [0.25, 0.3) is 11.8 Å². The van der Waals surface area contributed by atoms with Crippen LogP contribution in [0.5, 0.6) is 5.75 Å². The van der Waals surface area contributed by atoms with Crippen LogP contribution in [0.1, 0.15) is 62.8 Å². The first-order chi connectivity index (χ1) is 17.9. The second-order valence-corrected chi connectivity index (χ2v) is 9.85. The Kier molecular flexibility index (Phi) is 8.90. The van der Waals surface area contributed by atoms with E-state index < -0.39 is 42.5 Å². The molecule has 1 unspecified atom stereocenters. The minimum absolute atomic E-state index is 0.0903. The molecule has 0 spiro atoms. The number of alkyl halides is 2. The highest BCUT2D eigenvalue weighted by molar-refractivity contribution is 6.02. The Morgan fingerprint density at radius 3 is 2.61 bits per heavy atom. The molecule has 38 heavy (non-hydrogen) atoms. The van der Waals surface area contributed by atoms with E-state index in [2.05, 4.69) is 15.4 Å². The zero-order valence-electron chi connectivity index (χ0n) is 22.6. The molecule has 2 amide bonds. The third kappa shape index (κ3) is 7.39. The molecule has 1 atom stereocenters. The molecule has 1 aliphatic heterocycles. The van der Waals surface area contributed by atoms with Crippen LogP contribution in [0.4, 0.5) is 13.6 Å². The largest absolute Gasteiger partial charge is 0.487 e. The van der Waals surface area contributed by atoms with Gasteiger partial charge in [-0.2, -0.15) is 5.10 Å². The number of ether oxygens (including phenoxy) is 2. The Bertz CT molecular complexity index is 1260. The molecule has 3 aromatic heterocycles. The average molecular weight is 532 g/mol. The highest BCUT2D eigenvalue weighted by atomic mass is 19.3. The summed E-state index contributed by atoms with van der Waals surface area (Å²) in [7, 11) is 0. The lowest BCUT2D eigenvalue weighted by Gasteiger charge is -2.38. The summed E-state index contributed by atoms with van der Waals surface area (Å²) in [6, 6.07) is 7.92. The van der Waals surface area contributed by atoms with E-state index in [0.29, 0.717) is 17.0 Å². The molecule has 9 nitrogen and oxygen atoms in total. The lowest BCUT2D eigenvalue weighted by Crippen LogP contribution is -2.57. The van der Waals surface area contributed by atoms with Gasteiger partial charge in [0.15, 0.2) is 0 Å². The predicted octanol–water partition coefficient (Wildman–Crippen LogP) is 5.02. The minimum atomic E-state index is -3.17. The van der Waals surface area contributed by atoms with Gasteiger partial charge in [0.05, 0.1) is 35.1 Å². The van der Waals surface area contributed by atoms with Crippen LogP contribution in [0.3, 0.4) is 0 Å². The Morgan fingerprint density at radius 1 is 1.21 bits per heavy atom. The maximum absolute atomic E-state index is 14.5. The van der Waals surface area contributed by atoms with Crippen LogP contribution >= 0.6 is 0 Å². The van der Waals surface area contributed by atoms with Crippen molar-refractivity contribution < 1.29 is 27.8 Å². The predicted molar refractivity (Wildman–Crippen MR) is 138 cm³/mol. The lowest BCUT2D eigenvalue weighted by molar-refractivity contribution is -0.0773. The van der Waals surface area contributed by atoms with E-state index in [1.54, 1.807) is 52.2 Å². The van der Waals surface area contributed by atoms with Gasteiger partial charge in [-0.3, -0.25) is 9.78 Å². The number of pyridine rings is 2. The van der Waals surface area contributed by atoms with Crippen LogP contribution in [0.2, 0.25) is 0 Å². The van der Waals surface area contributed by atoms with Gasteiger partial charge >= 0.3 is 6.09 Å². The fourth-order valence-electron chi connectivity index (χ4n) is 4.07. The van der Waals surface area contributed by atoms with Crippen molar-refractivity contribution >= 4 is 17.5 Å². The Balaban J connectivity index is 0.00000195. The first-order valence-corrected chi connectivity index (χ1v) is 12.6. The van der Waals surface area contributed by atoms with Crippen molar-refractivity contribution in [2.45, 2.75) is 72.1 Å². The van der Waals surface area contributed by atoms with Crippen LogP contribution in [-0.4, -0.2) is 62.2 Å². The van der Waals surface area contributed by atoms with E-state index in [4.69, 9.17) is 9.47 Å². The van der Waals surface area contributed by atoms with Gasteiger partial charge in [-0.1, -0.05) is 19.9 Å². The molecule has 0 aromatic carbocycles. The normalized spacial score (nSPS) is 16.8. The molecule has 1 N–H and O–H groups in total. The number of hydrogen-bond donors (Lipinski definition) is 1. The topological polar surface area (TPSA) is 98.1 Å². The van der Waals surface area contributed by atoms with E-state index in [1.165, 1.54) is 4.52 Å². The van der Waals surface area contributed by atoms with Crippen molar-refractivity contribution in [3.63, 3.8) is 0 Å². The second-order valence-electron chi connectivity index (χ2n) is 9.85. The number of nitrogens with zero attached hydrogens (tertiary/aromatic N) is 4. The number of amides is 2. The summed E-state index contributed by atoms with van der Waals surface area (Å²) in [5.74, 6) is -3.23. The van der Waals surface area contributed by atoms with Crippen molar-refractivity contribution in [3.8, 4) is 5.75 Å². The van der Waals surface area contributed by atoms with Crippen LogP contribution < -0.4 is 10.1 Å². The molecule has 0 aliphatic carbocycles. The molecule has 0 saturated carbocycles. The molecule has 1 saturated heterocycles. The number of carbonyl (C=O) groups excluding carboxylic acids is 2. The number of aromatic nitrogens is 3. The van der Waals surface area contributed by atoms with Crippen molar-refractivity contribution in [1.82, 2.24) is 24.8 Å². The Morgan fingerprint density at radius 2 is 1.95 bits per heavy atom. The van der Waals surface area contributed by atoms with Crippen molar-refractivity contribution in [1.29, 1.82) is 0 Å². The van der Waals surface area contributed by atoms with Crippen LogP contribution in [0, 0.1) is 6.92 Å². The molecule has 0 bridgehead atoms. The smallest absolute Gasteiger partial charge is 0.410 e. The van der Waals surface area contributed by atoms with Crippen LogP contribution in [0.15, 0.2) is 42.7 Å². The summed E-state index contributed by atoms with van der Waals surface area (Å²) < 4.78 is 41.5. The third-order valence-electron chi connectivity index (χ3n) is 5.52. The van der Waals surface area contributed by atoms with E-state index in [1.807, 2.05) is 32.0 Å². The number of nitrogens with one attached hydrogen (secondary N) is 1. The zero-order chi connectivity index (χ0) is 28.1. The van der Waals surface area contributed by atoms with Gasteiger partial charge < -0.3 is 19.7 Å². The molecular formula is C27H35F2N5O4. The first-order valence-electron chi connectivity index (χ1n) is 12.6. The van der Waals surface area contributed by atoms with Gasteiger partial charge in [-0.15, -0.1) is 0 Å².